The van der Waals surface area contributed by atoms with Gasteiger partial charge in [0.05, 0.1) is 24.2 Å². The van der Waals surface area contributed by atoms with Gasteiger partial charge in [-0.05, 0) is 62.1 Å². The molecule has 1 saturated carbocycles. The summed E-state index contributed by atoms with van der Waals surface area (Å²) < 4.78 is 19.8. The van der Waals surface area contributed by atoms with E-state index in [9.17, 15) is 23.9 Å². The summed E-state index contributed by atoms with van der Waals surface area (Å²) in [4.78, 5) is 47.6. The molecule has 3 amide bonds. The number of halogens is 1. The summed E-state index contributed by atoms with van der Waals surface area (Å²) in [6, 6.07) is 11.3. The second-order valence-electron chi connectivity index (χ2n) is 12.7. The molecule has 0 radical (unpaired) electrons. The van der Waals surface area contributed by atoms with E-state index in [1.54, 1.807) is 31.1 Å². The van der Waals surface area contributed by atoms with Gasteiger partial charge < -0.3 is 30.4 Å². The van der Waals surface area contributed by atoms with Crippen LogP contribution in [-0.4, -0.2) is 88.2 Å². The number of β-amino-alcohol motifs (C(OH)–C–C–N with tert-alkyl or cyclic N) is 1. The Bertz CT molecular complexity index is 1530. The molecule has 11 heteroatoms. The molecular weight excluding hydrogens is 577 g/mol. The monoisotopic (exact) mass is 619 g/mol. The molecule has 3 aliphatic rings. The highest BCUT2D eigenvalue weighted by atomic mass is 19.1. The SMILES string of the molecule is CN[C@@H](C)C(=O)N[C@H](C(=O)N1C[C@@H](O)[C@@H]2[C@H]1[C@@H](c1c[nH]c3cc(F)ccc13)CN2C(=O)OCc1ccccc1)C1CCCCC1. The Labute approximate surface area is 262 Å². The molecule has 4 N–H and O–H groups in total. The van der Waals surface area contributed by atoms with Crippen molar-refractivity contribution in [3.8, 4) is 0 Å². The smallest absolute Gasteiger partial charge is 0.410 e. The van der Waals surface area contributed by atoms with Crippen LogP contribution < -0.4 is 10.6 Å². The number of nitrogens with zero attached hydrogens (tertiary/aromatic N) is 2. The van der Waals surface area contributed by atoms with Crippen LogP contribution in [0.15, 0.2) is 54.7 Å². The lowest BCUT2D eigenvalue weighted by atomic mass is 9.82. The number of hydrogen-bond acceptors (Lipinski definition) is 6. The van der Waals surface area contributed by atoms with Gasteiger partial charge in [0.2, 0.25) is 11.8 Å². The first kappa shape index (κ1) is 31.0. The molecular formula is C34H42FN5O5. The average molecular weight is 620 g/mol. The first-order chi connectivity index (χ1) is 21.8. The molecule has 6 atom stereocenters. The number of aliphatic hydroxyl groups excluding tert-OH is 1. The lowest BCUT2D eigenvalue weighted by Gasteiger charge is -2.36. The quantitative estimate of drug-likeness (QED) is 0.305. The van der Waals surface area contributed by atoms with Gasteiger partial charge in [0.25, 0.3) is 0 Å². The van der Waals surface area contributed by atoms with Crippen LogP contribution in [0.1, 0.15) is 56.1 Å². The Kier molecular flexibility index (Phi) is 9.09. The molecule has 2 aromatic carbocycles. The molecule has 3 heterocycles. The zero-order valence-electron chi connectivity index (χ0n) is 25.7. The van der Waals surface area contributed by atoms with Crippen LogP contribution in [0.4, 0.5) is 9.18 Å². The summed E-state index contributed by atoms with van der Waals surface area (Å²) in [5.74, 6) is -1.30. The van der Waals surface area contributed by atoms with Crippen LogP contribution in [-0.2, 0) is 20.9 Å². The molecule has 0 unspecified atom stereocenters. The molecule has 240 valence electrons. The highest BCUT2D eigenvalue weighted by molar-refractivity contribution is 5.91. The number of nitrogens with one attached hydrogen (secondary N) is 3. The Balaban J connectivity index is 1.34. The maximum atomic E-state index is 14.6. The van der Waals surface area contributed by atoms with Crippen molar-refractivity contribution in [3.63, 3.8) is 0 Å². The summed E-state index contributed by atoms with van der Waals surface area (Å²) in [5.41, 5.74) is 2.27. The number of aliphatic hydroxyl groups is 1. The van der Waals surface area contributed by atoms with Crippen LogP contribution in [0.25, 0.3) is 10.9 Å². The van der Waals surface area contributed by atoms with E-state index >= 15 is 0 Å². The van der Waals surface area contributed by atoms with Crippen LogP contribution in [0.2, 0.25) is 0 Å². The third-order valence-electron chi connectivity index (χ3n) is 9.96. The van der Waals surface area contributed by atoms with Crippen molar-refractivity contribution in [2.45, 2.75) is 81.8 Å². The van der Waals surface area contributed by atoms with Gasteiger partial charge in [0, 0.05) is 36.1 Å². The minimum Gasteiger partial charge on any atom is -0.445 e. The molecule has 1 aromatic heterocycles. The third-order valence-corrected chi connectivity index (χ3v) is 9.96. The molecule has 0 spiro atoms. The van der Waals surface area contributed by atoms with Crippen molar-refractivity contribution in [2.24, 2.45) is 5.92 Å². The Morgan fingerprint density at radius 3 is 2.53 bits per heavy atom. The number of likely N-dealkylation sites (N-methyl/N-ethyl adjacent to an activating group) is 1. The molecule has 0 bridgehead atoms. The Morgan fingerprint density at radius 1 is 1.04 bits per heavy atom. The van der Waals surface area contributed by atoms with Crippen molar-refractivity contribution in [1.82, 2.24) is 25.4 Å². The van der Waals surface area contributed by atoms with Crippen molar-refractivity contribution >= 4 is 28.8 Å². The standard InChI is InChI=1S/C34H42FN5O5/c1-20(36-2)32(42)38-29(22-11-7-4-8-12-22)33(43)39-18-28(41)31-30(39)26(25-16-37-27-15-23(35)13-14-24(25)27)17-40(31)34(44)45-19-21-9-5-3-6-10-21/h3,5-6,9-10,13-16,20,22,26,28-31,36-37,41H,4,7-8,11-12,17-19H2,1-2H3,(H,38,42)/t20-,26+,28+,29-,30+,31+/m0/s1. The molecule has 2 aliphatic heterocycles. The topological polar surface area (TPSA) is 127 Å². The minimum absolute atomic E-state index is 0.0186. The van der Waals surface area contributed by atoms with Gasteiger partial charge in [-0.3, -0.25) is 14.5 Å². The maximum Gasteiger partial charge on any atom is 0.410 e. The molecule has 10 nitrogen and oxygen atoms in total. The first-order valence-corrected chi connectivity index (χ1v) is 16.0. The van der Waals surface area contributed by atoms with Gasteiger partial charge >= 0.3 is 6.09 Å². The number of benzene rings is 2. The molecule has 45 heavy (non-hydrogen) atoms. The van der Waals surface area contributed by atoms with Crippen molar-refractivity contribution < 1.29 is 28.6 Å². The summed E-state index contributed by atoms with van der Waals surface area (Å²) in [7, 11) is 1.70. The van der Waals surface area contributed by atoms with Crippen molar-refractivity contribution in [1.29, 1.82) is 0 Å². The van der Waals surface area contributed by atoms with Crippen molar-refractivity contribution in [2.75, 3.05) is 20.1 Å². The number of aromatic nitrogens is 1. The van der Waals surface area contributed by atoms with Gasteiger partial charge in [0.1, 0.15) is 18.5 Å². The number of hydrogen-bond donors (Lipinski definition) is 4. The summed E-state index contributed by atoms with van der Waals surface area (Å²) in [5, 5.41) is 18.3. The summed E-state index contributed by atoms with van der Waals surface area (Å²) >= 11 is 0. The second-order valence-corrected chi connectivity index (χ2v) is 12.7. The lowest BCUT2D eigenvalue weighted by molar-refractivity contribution is -0.140. The van der Waals surface area contributed by atoms with E-state index in [4.69, 9.17) is 4.74 Å². The van der Waals surface area contributed by atoms with Crippen LogP contribution in [0.5, 0.6) is 0 Å². The fourth-order valence-corrected chi connectivity index (χ4v) is 7.51. The van der Waals surface area contributed by atoms with E-state index in [1.165, 1.54) is 17.0 Å². The molecule has 6 rings (SSSR count). The minimum atomic E-state index is -1.02. The predicted octanol–water partition coefficient (Wildman–Crippen LogP) is 3.66. The number of likely N-dealkylation sites (tertiary alicyclic amines) is 2. The maximum absolute atomic E-state index is 14.6. The second kappa shape index (κ2) is 13.2. The molecule has 2 saturated heterocycles. The first-order valence-electron chi connectivity index (χ1n) is 16.0. The fraction of sp³-hybridized carbons (Fsp3) is 0.500. The van der Waals surface area contributed by atoms with Gasteiger partial charge in [-0.2, -0.15) is 0 Å². The third kappa shape index (κ3) is 6.15. The fourth-order valence-electron chi connectivity index (χ4n) is 7.51. The Morgan fingerprint density at radius 2 is 1.80 bits per heavy atom. The number of amides is 3. The number of aromatic amines is 1. The van der Waals surface area contributed by atoms with E-state index in [-0.39, 0.29) is 43.2 Å². The van der Waals surface area contributed by atoms with E-state index in [0.717, 1.165) is 48.6 Å². The van der Waals surface area contributed by atoms with Crippen molar-refractivity contribution in [3.05, 3.63) is 71.7 Å². The van der Waals surface area contributed by atoms with Gasteiger partial charge in [-0.25, -0.2) is 9.18 Å². The zero-order chi connectivity index (χ0) is 31.7. The largest absolute Gasteiger partial charge is 0.445 e. The number of fused-ring (bicyclic) bond motifs is 2. The summed E-state index contributed by atoms with van der Waals surface area (Å²) in [6.45, 7) is 2.04. The lowest BCUT2D eigenvalue weighted by Crippen LogP contribution is -2.57. The normalized spacial score (nSPS) is 24.8. The summed E-state index contributed by atoms with van der Waals surface area (Å²) in [6.07, 6.45) is 4.91. The van der Waals surface area contributed by atoms with Gasteiger partial charge in [-0.1, -0.05) is 49.6 Å². The average Bonchev–Trinajstić information content (AvgIpc) is 3.75. The molecule has 3 fully saturated rings. The number of carbonyl (C=O) groups excluding carboxylic acids is 3. The Hall–Kier alpha value is -3.96. The number of H-pyrrole nitrogens is 1. The van der Waals surface area contributed by atoms with Gasteiger partial charge in [0.15, 0.2) is 0 Å². The van der Waals surface area contributed by atoms with Crippen LogP contribution in [0, 0.1) is 11.7 Å². The van der Waals surface area contributed by atoms with Gasteiger partial charge in [-0.15, -0.1) is 0 Å². The van der Waals surface area contributed by atoms with Crippen LogP contribution >= 0.6 is 0 Å². The highest BCUT2D eigenvalue weighted by Gasteiger charge is 2.58. The number of carbonyl (C=O) groups is 3. The number of ether oxygens (including phenoxy) is 1. The van der Waals surface area contributed by atoms with E-state index < -0.39 is 42.3 Å². The van der Waals surface area contributed by atoms with Crippen LogP contribution in [0.3, 0.4) is 0 Å². The molecule has 3 aromatic rings. The zero-order valence-corrected chi connectivity index (χ0v) is 25.7. The van der Waals surface area contributed by atoms with E-state index in [1.807, 2.05) is 30.3 Å². The molecule has 1 aliphatic carbocycles. The number of rotatable bonds is 8. The van der Waals surface area contributed by atoms with E-state index in [0.29, 0.717) is 5.52 Å². The van der Waals surface area contributed by atoms with E-state index in [2.05, 4.69) is 15.6 Å². The highest BCUT2D eigenvalue weighted by Crippen LogP contribution is 2.44. The predicted molar refractivity (Wildman–Crippen MR) is 167 cm³/mol.